The molecule has 1 aliphatic rings. The quantitative estimate of drug-likeness (QED) is 0.713. The summed E-state index contributed by atoms with van der Waals surface area (Å²) in [5.74, 6) is 3.18. The number of hydrogen-bond donors (Lipinski definition) is 2. The first kappa shape index (κ1) is 19.6. The van der Waals surface area contributed by atoms with E-state index >= 15 is 0 Å². The van der Waals surface area contributed by atoms with Gasteiger partial charge in [0.2, 0.25) is 0 Å². The van der Waals surface area contributed by atoms with Crippen molar-refractivity contribution in [3.63, 3.8) is 0 Å². The van der Waals surface area contributed by atoms with Gasteiger partial charge in [0, 0.05) is 36.8 Å². The van der Waals surface area contributed by atoms with E-state index < -0.39 is 0 Å². The average Bonchev–Trinajstić information content (AvgIpc) is 2.68. The second-order valence-corrected chi connectivity index (χ2v) is 7.82. The largest absolute Gasteiger partial charge is 0.492 e. The fourth-order valence-corrected chi connectivity index (χ4v) is 3.96. The Morgan fingerprint density at radius 2 is 1.96 bits per heavy atom. The first-order chi connectivity index (χ1) is 13.2. The molecular formula is C21H27N3O2S. The van der Waals surface area contributed by atoms with Crippen LogP contribution in [0.4, 0.5) is 10.5 Å². The molecule has 1 saturated heterocycles. The lowest BCUT2D eigenvalue weighted by Crippen LogP contribution is -2.34. The molecule has 1 aliphatic heterocycles. The van der Waals surface area contributed by atoms with Crippen molar-refractivity contribution in [2.75, 3.05) is 43.1 Å². The van der Waals surface area contributed by atoms with Gasteiger partial charge in [0.15, 0.2) is 0 Å². The van der Waals surface area contributed by atoms with Crippen LogP contribution in [0.5, 0.6) is 5.75 Å². The summed E-state index contributed by atoms with van der Waals surface area (Å²) in [6, 6.07) is 15.7. The van der Waals surface area contributed by atoms with Gasteiger partial charge in [-0.1, -0.05) is 30.3 Å². The molecule has 2 N–H and O–H groups in total. The molecule has 2 aromatic rings. The van der Waals surface area contributed by atoms with Crippen LogP contribution in [0.1, 0.15) is 11.1 Å². The van der Waals surface area contributed by atoms with Crippen LogP contribution in [0.3, 0.4) is 0 Å². The number of benzene rings is 2. The maximum absolute atomic E-state index is 12.2. The van der Waals surface area contributed by atoms with Gasteiger partial charge in [-0.3, -0.25) is 4.90 Å². The van der Waals surface area contributed by atoms with Gasteiger partial charge in [-0.25, -0.2) is 4.79 Å². The van der Waals surface area contributed by atoms with Crippen LogP contribution < -0.4 is 15.4 Å². The molecule has 0 radical (unpaired) electrons. The van der Waals surface area contributed by atoms with E-state index in [0.717, 1.165) is 42.2 Å². The molecule has 0 saturated carbocycles. The first-order valence-electron chi connectivity index (χ1n) is 9.33. The highest BCUT2D eigenvalue weighted by atomic mass is 32.2. The molecule has 5 nitrogen and oxygen atoms in total. The van der Waals surface area contributed by atoms with E-state index in [1.54, 1.807) is 0 Å². The molecule has 6 heteroatoms. The molecule has 2 amide bonds. The van der Waals surface area contributed by atoms with Crippen LogP contribution in [-0.2, 0) is 6.54 Å². The van der Waals surface area contributed by atoms with Gasteiger partial charge in [-0.15, -0.1) is 0 Å². The third kappa shape index (κ3) is 6.48. The third-order valence-electron chi connectivity index (χ3n) is 4.41. The normalized spacial score (nSPS) is 14.6. The molecule has 0 aliphatic carbocycles. The Labute approximate surface area is 165 Å². The number of para-hydroxylation sites is 1. The summed E-state index contributed by atoms with van der Waals surface area (Å²) in [5.41, 5.74) is 3.17. The van der Waals surface area contributed by atoms with Gasteiger partial charge in [0.1, 0.15) is 12.4 Å². The lowest BCUT2D eigenvalue weighted by molar-refractivity contribution is 0.247. The van der Waals surface area contributed by atoms with Crippen molar-refractivity contribution in [3.05, 3.63) is 59.7 Å². The second-order valence-electron chi connectivity index (χ2n) is 6.59. The summed E-state index contributed by atoms with van der Waals surface area (Å²) < 4.78 is 5.66. The Hall–Kier alpha value is -2.18. The molecule has 0 atom stereocenters. The Morgan fingerprint density at radius 1 is 1.15 bits per heavy atom. The smallest absolute Gasteiger partial charge is 0.319 e. The number of hydrogen-bond acceptors (Lipinski definition) is 4. The van der Waals surface area contributed by atoms with Gasteiger partial charge < -0.3 is 15.4 Å². The summed E-state index contributed by atoms with van der Waals surface area (Å²) in [6.07, 6.45) is 0. The van der Waals surface area contributed by atoms with Crippen molar-refractivity contribution in [2.24, 2.45) is 0 Å². The molecule has 27 heavy (non-hydrogen) atoms. The molecule has 0 unspecified atom stereocenters. The van der Waals surface area contributed by atoms with E-state index in [1.165, 1.54) is 11.5 Å². The van der Waals surface area contributed by atoms with E-state index in [9.17, 15) is 4.79 Å². The minimum atomic E-state index is -0.204. The highest BCUT2D eigenvalue weighted by Gasteiger charge is 2.13. The second kappa shape index (κ2) is 10.2. The predicted molar refractivity (Wildman–Crippen MR) is 113 cm³/mol. The summed E-state index contributed by atoms with van der Waals surface area (Å²) in [4.78, 5) is 14.7. The molecule has 3 rings (SSSR count). The number of rotatable bonds is 7. The summed E-state index contributed by atoms with van der Waals surface area (Å²) in [7, 11) is 0. The monoisotopic (exact) mass is 385 g/mol. The van der Waals surface area contributed by atoms with Crippen molar-refractivity contribution in [1.29, 1.82) is 0 Å². The molecule has 1 fully saturated rings. The maximum Gasteiger partial charge on any atom is 0.319 e. The van der Waals surface area contributed by atoms with Gasteiger partial charge in [-0.05, 0) is 36.2 Å². The average molecular weight is 386 g/mol. The number of aryl methyl sites for hydroxylation is 1. The zero-order chi connectivity index (χ0) is 18.9. The Bertz CT molecular complexity index is 748. The molecular weight excluding hydrogens is 358 g/mol. The number of nitrogens with one attached hydrogen (secondary N) is 2. The number of nitrogens with zero attached hydrogens (tertiary/aromatic N) is 1. The minimum absolute atomic E-state index is 0.204. The number of anilines is 1. The van der Waals surface area contributed by atoms with Gasteiger partial charge in [0.05, 0.1) is 6.54 Å². The van der Waals surface area contributed by atoms with Crippen LogP contribution in [0.15, 0.2) is 48.5 Å². The molecule has 2 aromatic carbocycles. The standard InChI is InChI=1S/C21H27N3O2S/c1-17-5-4-7-19(15-17)26-12-9-22-21(25)23-20-8-3-2-6-18(20)16-24-10-13-27-14-11-24/h2-8,15H,9-14,16H2,1H3,(H2,22,23,25). The third-order valence-corrected chi connectivity index (χ3v) is 5.35. The number of carbonyl (C=O) groups is 1. The van der Waals surface area contributed by atoms with Crippen LogP contribution in [0, 0.1) is 6.92 Å². The fraction of sp³-hybridized carbons (Fsp3) is 0.381. The minimum Gasteiger partial charge on any atom is -0.492 e. The van der Waals surface area contributed by atoms with Crippen molar-refractivity contribution in [3.8, 4) is 5.75 Å². The van der Waals surface area contributed by atoms with Crippen molar-refractivity contribution in [2.45, 2.75) is 13.5 Å². The fourth-order valence-electron chi connectivity index (χ4n) is 2.99. The van der Waals surface area contributed by atoms with E-state index in [0.29, 0.717) is 13.2 Å². The zero-order valence-electron chi connectivity index (χ0n) is 15.7. The van der Waals surface area contributed by atoms with Gasteiger partial charge in [-0.2, -0.15) is 11.8 Å². The van der Waals surface area contributed by atoms with E-state index in [-0.39, 0.29) is 6.03 Å². The van der Waals surface area contributed by atoms with E-state index in [4.69, 9.17) is 4.74 Å². The highest BCUT2D eigenvalue weighted by Crippen LogP contribution is 2.19. The molecule has 1 heterocycles. The van der Waals surface area contributed by atoms with Crippen LogP contribution in [-0.4, -0.2) is 48.7 Å². The summed E-state index contributed by atoms with van der Waals surface area (Å²) in [6.45, 7) is 5.98. The SMILES string of the molecule is Cc1cccc(OCCNC(=O)Nc2ccccc2CN2CCSCC2)c1. The zero-order valence-corrected chi connectivity index (χ0v) is 16.6. The first-order valence-corrected chi connectivity index (χ1v) is 10.5. The maximum atomic E-state index is 12.2. The van der Waals surface area contributed by atoms with Crippen LogP contribution in [0.2, 0.25) is 0 Å². The molecule has 144 valence electrons. The summed E-state index contributed by atoms with van der Waals surface area (Å²) in [5, 5.41) is 5.83. The summed E-state index contributed by atoms with van der Waals surface area (Å²) >= 11 is 2.00. The van der Waals surface area contributed by atoms with Gasteiger partial charge >= 0.3 is 6.03 Å². The number of thioether (sulfide) groups is 1. The number of amides is 2. The lowest BCUT2D eigenvalue weighted by atomic mass is 10.1. The Balaban J connectivity index is 1.44. The van der Waals surface area contributed by atoms with Crippen molar-refractivity contribution < 1.29 is 9.53 Å². The Kier molecular flexibility index (Phi) is 7.42. The Morgan fingerprint density at radius 3 is 2.78 bits per heavy atom. The highest BCUT2D eigenvalue weighted by molar-refractivity contribution is 7.99. The molecule has 0 bridgehead atoms. The lowest BCUT2D eigenvalue weighted by Gasteiger charge is -2.27. The number of carbonyl (C=O) groups excluding carboxylic acids is 1. The molecule has 0 aromatic heterocycles. The predicted octanol–water partition coefficient (Wildman–Crippen LogP) is 3.74. The van der Waals surface area contributed by atoms with Crippen molar-refractivity contribution >= 4 is 23.5 Å². The van der Waals surface area contributed by atoms with Crippen molar-refractivity contribution in [1.82, 2.24) is 10.2 Å². The number of urea groups is 1. The van der Waals surface area contributed by atoms with E-state index in [1.807, 2.05) is 61.2 Å². The topological polar surface area (TPSA) is 53.6 Å². The van der Waals surface area contributed by atoms with E-state index in [2.05, 4.69) is 21.6 Å². The molecule has 0 spiro atoms. The van der Waals surface area contributed by atoms with Crippen LogP contribution in [0.25, 0.3) is 0 Å². The number of ether oxygens (including phenoxy) is 1. The van der Waals surface area contributed by atoms with Crippen LogP contribution >= 0.6 is 11.8 Å². The van der Waals surface area contributed by atoms with Gasteiger partial charge in [0.25, 0.3) is 0 Å².